The summed E-state index contributed by atoms with van der Waals surface area (Å²) in [6.07, 6.45) is 0. The Balaban J connectivity index is 2.87. The molecule has 0 spiro atoms. The quantitative estimate of drug-likeness (QED) is 0.599. The monoisotopic (exact) mass is 274 g/mol. The molecule has 2 rings (SSSR count). The Morgan fingerprint density at radius 1 is 1.46 bits per heavy atom. The highest BCUT2D eigenvalue weighted by Gasteiger charge is 2.09. The second kappa shape index (κ2) is 3.52. The number of alkyl halides is 1. The Morgan fingerprint density at radius 2 is 2.23 bits per heavy atom. The maximum atomic E-state index is 9.60. The van der Waals surface area contributed by atoms with Crippen molar-refractivity contribution in [3.63, 3.8) is 0 Å². The average Bonchev–Trinajstić information content (AvgIpc) is 2.50. The van der Waals surface area contributed by atoms with Crippen LogP contribution in [0.2, 0.25) is 0 Å². The van der Waals surface area contributed by atoms with E-state index in [1.807, 2.05) is 11.4 Å². The molecule has 13 heavy (non-hydrogen) atoms. The number of hydrogen-bond acceptors (Lipinski definition) is 3. The van der Waals surface area contributed by atoms with Gasteiger partial charge in [-0.1, -0.05) is 22.0 Å². The number of phenolic OH excluding ortho intramolecular Hbond substituents is 1. The van der Waals surface area contributed by atoms with E-state index in [4.69, 9.17) is 0 Å². The smallest absolute Gasteiger partial charge is 0.125 e. The molecule has 68 valence electrons. The highest BCUT2D eigenvalue weighted by molar-refractivity contribution is 9.08. The molecule has 1 heterocycles. The van der Waals surface area contributed by atoms with Gasteiger partial charge in [-0.3, -0.25) is 0 Å². The van der Waals surface area contributed by atoms with Gasteiger partial charge in [0.2, 0.25) is 0 Å². The first-order chi connectivity index (χ1) is 6.24. The fourth-order valence-electron chi connectivity index (χ4n) is 1.28. The van der Waals surface area contributed by atoms with E-state index < -0.39 is 0 Å². The lowest BCUT2D eigenvalue weighted by Gasteiger charge is -2.00. The van der Waals surface area contributed by atoms with Gasteiger partial charge in [0.05, 0.1) is 0 Å². The average molecular weight is 275 g/mol. The van der Waals surface area contributed by atoms with Crippen molar-refractivity contribution in [1.82, 2.24) is 0 Å². The first-order valence-electron chi connectivity index (χ1n) is 3.71. The molecule has 0 aliphatic rings. The lowest BCUT2D eigenvalue weighted by molar-refractivity contribution is 0.481. The Labute approximate surface area is 93.9 Å². The molecule has 0 aliphatic heterocycles. The lowest BCUT2D eigenvalue weighted by atomic mass is 10.2. The van der Waals surface area contributed by atoms with Crippen LogP contribution in [0.15, 0.2) is 22.4 Å². The molecule has 1 aromatic heterocycles. The number of thiophene rings is 1. The van der Waals surface area contributed by atoms with E-state index in [1.165, 1.54) is 5.56 Å². The van der Waals surface area contributed by atoms with Crippen LogP contribution in [0.5, 0.6) is 5.75 Å². The number of rotatable bonds is 1. The highest BCUT2D eigenvalue weighted by atomic mass is 79.9. The second-order valence-corrected chi connectivity index (χ2v) is 4.62. The largest absolute Gasteiger partial charge is 0.507 e. The summed E-state index contributed by atoms with van der Waals surface area (Å²) in [4.78, 5) is 0.848. The van der Waals surface area contributed by atoms with Crippen molar-refractivity contribution in [3.8, 4) is 5.75 Å². The van der Waals surface area contributed by atoms with E-state index in [-0.39, 0.29) is 0 Å². The molecule has 0 amide bonds. The van der Waals surface area contributed by atoms with Crippen LogP contribution in [-0.2, 0) is 5.33 Å². The summed E-state index contributed by atoms with van der Waals surface area (Å²) in [5.41, 5.74) is 1.19. The fraction of sp³-hybridized carbons (Fsp3) is 0.111. The standard InChI is InChI=1S/C9H7BrOS2/c10-3-5-1-2-6(11)8-7(12)4-13-9(5)8/h1-2,4,11-12H,3H2. The Kier molecular flexibility index (Phi) is 2.53. The summed E-state index contributed by atoms with van der Waals surface area (Å²) in [5.74, 6) is 0.311. The molecule has 0 saturated carbocycles. The molecule has 0 unspecified atom stereocenters. The highest BCUT2D eigenvalue weighted by Crippen LogP contribution is 2.37. The molecule has 1 aromatic carbocycles. The Bertz CT molecular complexity index is 450. The summed E-state index contributed by atoms with van der Waals surface area (Å²) in [6.45, 7) is 0. The summed E-state index contributed by atoms with van der Waals surface area (Å²) in [6, 6.07) is 3.64. The molecule has 0 bridgehead atoms. The van der Waals surface area contributed by atoms with Crippen molar-refractivity contribution in [3.05, 3.63) is 23.1 Å². The number of thiol groups is 1. The molecule has 0 radical (unpaired) electrons. The van der Waals surface area contributed by atoms with Crippen LogP contribution < -0.4 is 0 Å². The summed E-state index contributed by atoms with van der Waals surface area (Å²) in [5, 5.41) is 13.2. The van der Waals surface area contributed by atoms with Crippen LogP contribution in [0.3, 0.4) is 0 Å². The molecule has 0 aliphatic carbocycles. The van der Waals surface area contributed by atoms with E-state index >= 15 is 0 Å². The van der Waals surface area contributed by atoms with Crippen molar-refractivity contribution in [2.75, 3.05) is 0 Å². The van der Waals surface area contributed by atoms with Gasteiger partial charge in [-0.2, -0.15) is 0 Å². The number of benzene rings is 1. The zero-order valence-corrected chi connectivity index (χ0v) is 9.92. The summed E-state index contributed by atoms with van der Waals surface area (Å²) in [7, 11) is 0. The van der Waals surface area contributed by atoms with Gasteiger partial charge >= 0.3 is 0 Å². The topological polar surface area (TPSA) is 20.2 Å². The number of fused-ring (bicyclic) bond motifs is 1. The van der Waals surface area contributed by atoms with Gasteiger partial charge in [0, 0.05) is 25.7 Å². The van der Waals surface area contributed by atoms with Gasteiger partial charge in [0.1, 0.15) is 5.75 Å². The lowest BCUT2D eigenvalue weighted by Crippen LogP contribution is -1.77. The molecule has 1 nitrogen and oxygen atoms in total. The number of phenols is 1. The zero-order valence-electron chi connectivity index (χ0n) is 6.62. The number of aromatic hydroxyl groups is 1. The van der Waals surface area contributed by atoms with E-state index in [0.717, 1.165) is 20.3 Å². The molecular formula is C9H7BrOS2. The third-order valence-electron chi connectivity index (χ3n) is 1.91. The van der Waals surface area contributed by atoms with Crippen molar-refractivity contribution >= 4 is 50.0 Å². The minimum atomic E-state index is 0.311. The van der Waals surface area contributed by atoms with Gasteiger partial charge in [-0.15, -0.1) is 24.0 Å². The normalized spacial score (nSPS) is 10.9. The van der Waals surface area contributed by atoms with Crippen LogP contribution in [0.1, 0.15) is 5.56 Å². The number of hydrogen-bond donors (Lipinski definition) is 2. The molecule has 0 atom stereocenters. The van der Waals surface area contributed by atoms with Gasteiger partial charge in [0.15, 0.2) is 0 Å². The Morgan fingerprint density at radius 3 is 2.92 bits per heavy atom. The molecule has 1 N–H and O–H groups in total. The molecular weight excluding hydrogens is 268 g/mol. The minimum absolute atomic E-state index is 0.311. The van der Waals surface area contributed by atoms with Gasteiger partial charge in [0.25, 0.3) is 0 Å². The zero-order chi connectivity index (χ0) is 9.42. The van der Waals surface area contributed by atoms with Crippen LogP contribution in [0.4, 0.5) is 0 Å². The maximum Gasteiger partial charge on any atom is 0.125 e. The van der Waals surface area contributed by atoms with Gasteiger partial charge < -0.3 is 5.11 Å². The maximum absolute atomic E-state index is 9.60. The Hall–Kier alpha value is -0.190. The van der Waals surface area contributed by atoms with Crippen molar-refractivity contribution < 1.29 is 5.11 Å². The van der Waals surface area contributed by atoms with Crippen molar-refractivity contribution in [2.45, 2.75) is 10.2 Å². The van der Waals surface area contributed by atoms with Crippen LogP contribution in [-0.4, -0.2) is 5.11 Å². The molecule has 0 saturated heterocycles. The van der Waals surface area contributed by atoms with Crippen LogP contribution >= 0.6 is 39.9 Å². The third kappa shape index (κ3) is 1.47. The third-order valence-corrected chi connectivity index (χ3v) is 4.09. The minimum Gasteiger partial charge on any atom is -0.507 e. The fourth-order valence-corrected chi connectivity index (χ4v) is 3.36. The predicted molar refractivity (Wildman–Crippen MR) is 63.4 cm³/mol. The van der Waals surface area contributed by atoms with Gasteiger partial charge in [-0.25, -0.2) is 0 Å². The van der Waals surface area contributed by atoms with Gasteiger partial charge in [-0.05, 0) is 11.6 Å². The van der Waals surface area contributed by atoms with E-state index in [2.05, 4.69) is 28.6 Å². The second-order valence-electron chi connectivity index (χ2n) is 2.70. The number of halogens is 1. The van der Waals surface area contributed by atoms with Crippen LogP contribution in [0.25, 0.3) is 10.1 Å². The van der Waals surface area contributed by atoms with Crippen molar-refractivity contribution in [2.24, 2.45) is 0 Å². The molecule has 0 fully saturated rings. The molecule has 2 aromatic rings. The first-order valence-corrected chi connectivity index (χ1v) is 6.16. The van der Waals surface area contributed by atoms with E-state index in [9.17, 15) is 5.11 Å². The van der Waals surface area contributed by atoms with E-state index in [0.29, 0.717) is 5.75 Å². The van der Waals surface area contributed by atoms with E-state index in [1.54, 1.807) is 17.4 Å². The van der Waals surface area contributed by atoms with Crippen molar-refractivity contribution in [1.29, 1.82) is 0 Å². The molecule has 4 heteroatoms. The van der Waals surface area contributed by atoms with Crippen LogP contribution in [0, 0.1) is 0 Å². The predicted octanol–water partition coefficient (Wildman–Crippen LogP) is 3.79. The first kappa shape index (κ1) is 9.37. The SMILES string of the molecule is Oc1ccc(CBr)c2scc(S)c12. The summed E-state index contributed by atoms with van der Waals surface area (Å²) < 4.78 is 1.11. The summed E-state index contributed by atoms with van der Waals surface area (Å²) >= 11 is 9.32.